The van der Waals surface area contributed by atoms with Gasteiger partial charge in [0.1, 0.15) is 0 Å². The molecule has 0 radical (unpaired) electrons. The van der Waals surface area contributed by atoms with Gasteiger partial charge in [0.05, 0.1) is 0 Å². The summed E-state index contributed by atoms with van der Waals surface area (Å²) in [5.41, 5.74) is 10.2. The molecule has 1 amide bonds. The van der Waals surface area contributed by atoms with Crippen LogP contribution in [-0.4, -0.2) is 5.91 Å². The summed E-state index contributed by atoms with van der Waals surface area (Å²) in [5, 5.41) is 2.92. The number of nitrogens with two attached hydrogens (primary N) is 1. The van der Waals surface area contributed by atoms with Crippen LogP contribution in [0.1, 0.15) is 27.0 Å². The van der Waals surface area contributed by atoms with E-state index in [4.69, 9.17) is 5.73 Å². The maximum absolute atomic E-state index is 12.3. The van der Waals surface area contributed by atoms with Crippen molar-refractivity contribution in [3.05, 3.63) is 64.7 Å². The first kappa shape index (κ1) is 13.3. The highest BCUT2D eigenvalue weighted by molar-refractivity contribution is 6.05. The van der Waals surface area contributed by atoms with Crippen molar-refractivity contribution in [1.82, 2.24) is 0 Å². The second-order valence-corrected chi connectivity index (χ2v) is 4.63. The predicted molar refractivity (Wildman–Crippen MR) is 78.2 cm³/mol. The third kappa shape index (κ3) is 3.01. The van der Waals surface area contributed by atoms with Crippen LogP contribution in [0.5, 0.6) is 0 Å². The Bertz CT molecular complexity index is 605. The van der Waals surface area contributed by atoms with Crippen molar-refractivity contribution in [1.29, 1.82) is 0 Å². The first-order valence-corrected chi connectivity index (χ1v) is 6.28. The molecular formula is C16H18N2O. The summed E-state index contributed by atoms with van der Waals surface area (Å²) in [4.78, 5) is 12.3. The molecule has 0 aliphatic rings. The lowest BCUT2D eigenvalue weighted by Crippen LogP contribution is -2.15. The van der Waals surface area contributed by atoms with E-state index < -0.39 is 0 Å². The maximum atomic E-state index is 12.3. The largest absolute Gasteiger partial charge is 0.326 e. The van der Waals surface area contributed by atoms with Gasteiger partial charge < -0.3 is 11.1 Å². The maximum Gasteiger partial charge on any atom is 0.255 e. The molecule has 2 rings (SSSR count). The Balaban J connectivity index is 2.26. The number of benzene rings is 2. The Morgan fingerprint density at radius 2 is 1.89 bits per heavy atom. The van der Waals surface area contributed by atoms with Gasteiger partial charge in [-0.25, -0.2) is 0 Å². The van der Waals surface area contributed by atoms with Crippen LogP contribution < -0.4 is 11.1 Å². The number of amides is 1. The highest BCUT2D eigenvalue weighted by Crippen LogP contribution is 2.17. The molecule has 19 heavy (non-hydrogen) atoms. The highest BCUT2D eigenvalue weighted by Gasteiger charge is 2.10. The lowest BCUT2D eigenvalue weighted by molar-refractivity contribution is 0.102. The van der Waals surface area contributed by atoms with Crippen LogP contribution in [0.15, 0.2) is 42.5 Å². The molecule has 0 bridgehead atoms. The number of anilines is 1. The van der Waals surface area contributed by atoms with E-state index in [1.807, 2.05) is 56.3 Å². The number of hydrogen-bond donors (Lipinski definition) is 2. The quantitative estimate of drug-likeness (QED) is 0.884. The van der Waals surface area contributed by atoms with E-state index in [1.54, 1.807) is 0 Å². The van der Waals surface area contributed by atoms with Crippen LogP contribution >= 0.6 is 0 Å². The normalized spacial score (nSPS) is 10.3. The molecule has 0 aromatic heterocycles. The number of rotatable bonds is 3. The van der Waals surface area contributed by atoms with Crippen LogP contribution in [0.3, 0.4) is 0 Å². The van der Waals surface area contributed by atoms with E-state index in [0.29, 0.717) is 12.1 Å². The van der Waals surface area contributed by atoms with Gasteiger partial charge in [0.2, 0.25) is 0 Å². The Labute approximate surface area is 113 Å². The van der Waals surface area contributed by atoms with Gasteiger partial charge in [0.15, 0.2) is 0 Å². The number of hydrogen-bond acceptors (Lipinski definition) is 2. The SMILES string of the molecule is Cc1ccc(C(=O)Nc2ccccc2CN)c(C)c1. The van der Waals surface area contributed by atoms with Crippen LogP contribution in [0, 0.1) is 13.8 Å². The van der Waals surface area contributed by atoms with Gasteiger partial charge >= 0.3 is 0 Å². The monoisotopic (exact) mass is 254 g/mol. The number of para-hydroxylation sites is 1. The van der Waals surface area contributed by atoms with Crippen molar-refractivity contribution in [2.24, 2.45) is 5.73 Å². The molecule has 0 aliphatic carbocycles. The van der Waals surface area contributed by atoms with Gasteiger partial charge in [-0.15, -0.1) is 0 Å². The van der Waals surface area contributed by atoms with E-state index in [1.165, 1.54) is 0 Å². The van der Waals surface area contributed by atoms with Crippen LogP contribution in [0.2, 0.25) is 0 Å². The molecule has 2 aromatic carbocycles. The molecule has 0 aliphatic heterocycles. The summed E-state index contributed by atoms with van der Waals surface area (Å²) in [5.74, 6) is -0.0987. The van der Waals surface area contributed by atoms with E-state index in [9.17, 15) is 4.79 Å². The summed E-state index contributed by atoms with van der Waals surface area (Å²) < 4.78 is 0. The Kier molecular flexibility index (Phi) is 3.97. The summed E-state index contributed by atoms with van der Waals surface area (Å²) in [6.45, 7) is 4.36. The fraction of sp³-hybridized carbons (Fsp3) is 0.188. The fourth-order valence-corrected chi connectivity index (χ4v) is 2.08. The number of nitrogens with one attached hydrogen (secondary N) is 1. The minimum absolute atomic E-state index is 0.0987. The molecule has 2 aromatic rings. The molecule has 0 saturated heterocycles. The summed E-state index contributed by atoms with van der Waals surface area (Å²) in [7, 11) is 0. The molecule has 0 saturated carbocycles. The molecule has 3 heteroatoms. The van der Waals surface area contributed by atoms with Crippen molar-refractivity contribution in [3.63, 3.8) is 0 Å². The van der Waals surface area contributed by atoms with Crippen molar-refractivity contribution in [2.45, 2.75) is 20.4 Å². The first-order chi connectivity index (χ1) is 9.11. The number of aryl methyl sites for hydroxylation is 2. The summed E-state index contributed by atoms with van der Waals surface area (Å²) in [6, 6.07) is 13.4. The zero-order valence-electron chi connectivity index (χ0n) is 11.2. The number of carbonyl (C=O) groups is 1. The number of carbonyl (C=O) groups excluding carboxylic acids is 1. The van der Waals surface area contributed by atoms with Crippen molar-refractivity contribution < 1.29 is 4.79 Å². The molecule has 98 valence electrons. The van der Waals surface area contributed by atoms with Gasteiger partial charge in [-0.2, -0.15) is 0 Å². The molecule has 3 N–H and O–H groups in total. The molecular weight excluding hydrogens is 236 g/mol. The second-order valence-electron chi connectivity index (χ2n) is 4.63. The molecule has 3 nitrogen and oxygen atoms in total. The highest BCUT2D eigenvalue weighted by atomic mass is 16.1. The van der Waals surface area contributed by atoms with Crippen LogP contribution in [0.4, 0.5) is 5.69 Å². The Morgan fingerprint density at radius 1 is 1.16 bits per heavy atom. The molecule has 0 heterocycles. The van der Waals surface area contributed by atoms with Gasteiger partial charge in [-0.05, 0) is 37.1 Å². The third-order valence-corrected chi connectivity index (χ3v) is 3.11. The lowest BCUT2D eigenvalue weighted by Gasteiger charge is -2.11. The van der Waals surface area contributed by atoms with Crippen molar-refractivity contribution in [3.8, 4) is 0 Å². The molecule has 0 unspecified atom stereocenters. The summed E-state index contributed by atoms with van der Waals surface area (Å²) in [6.07, 6.45) is 0. The average Bonchev–Trinajstić information content (AvgIpc) is 2.39. The van der Waals surface area contributed by atoms with Gasteiger partial charge in [-0.3, -0.25) is 4.79 Å². The zero-order valence-corrected chi connectivity index (χ0v) is 11.2. The minimum atomic E-state index is -0.0987. The molecule has 0 atom stereocenters. The molecule has 0 spiro atoms. The van der Waals surface area contributed by atoms with E-state index in [2.05, 4.69) is 5.32 Å². The average molecular weight is 254 g/mol. The summed E-state index contributed by atoms with van der Waals surface area (Å²) >= 11 is 0. The third-order valence-electron chi connectivity index (χ3n) is 3.11. The second kappa shape index (κ2) is 5.67. The van der Waals surface area contributed by atoms with Crippen molar-refractivity contribution >= 4 is 11.6 Å². The Hall–Kier alpha value is -2.13. The first-order valence-electron chi connectivity index (χ1n) is 6.28. The standard InChI is InChI=1S/C16H18N2O/c1-11-7-8-14(12(2)9-11)16(19)18-15-6-4-3-5-13(15)10-17/h3-9H,10,17H2,1-2H3,(H,18,19). The van der Waals surface area contributed by atoms with Gasteiger partial charge in [-0.1, -0.05) is 35.9 Å². The predicted octanol–water partition coefficient (Wildman–Crippen LogP) is 3.01. The van der Waals surface area contributed by atoms with Gasteiger partial charge in [0, 0.05) is 17.8 Å². The smallest absolute Gasteiger partial charge is 0.255 e. The van der Waals surface area contributed by atoms with E-state index in [0.717, 1.165) is 22.4 Å². The van der Waals surface area contributed by atoms with Crippen LogP contribution in [-0.2, 0) is 6.54 Å². The minimum Gasteiger partial charge on any atom is -0.326 e. The Morgan fingerprint density at radius 3 is 2.58 bits per heavy atom. The fourth-order valence-electron chi connectivity index (χ4n) is 2.08. The topological polar surface area (TPSA) is 55.1 Å². The molecule has 0 fully saturated rings. The van der Waals surface area contributed by atoms with E-state index >= 15 is 0 Å². The van der Waals surface area contributed by atoms with Gasteiger partial charge in [0.25, 0.3) is 5.91 Å². The van der Waals surface area contributed by atoms with Crippen molar-refractivity contribution in [2.75, 3.05) is 5.32 Å². The zero-order chi connectivity index (χ0) is 13.8. The van der Waals surface area contributed by atoms with Crippen LogP contribution in [0.25, 0.3) is 0 Å². The lowest BCUT2D eigenvalue weighted by atomic mass is 10.0. The van der Waals surface area contributed by atoms with E-state index in [-0.39, 0.29) is 5.91 Å².